The maximum atomic E-state index is 11.9. The van der Waals surface area contributed by atoms with Crippen molar-refractivity contribution in [2.45, 2.75) is 31.7 Å². The van der Waals surface area contributed by atoms with Crippen LogP contribution in [0.5, 0.6) is 0 Å². The first kappa shape index (κ1) is 15.4. The fourth-order valence-corrected chi connectivity index (χ4v) is 1.92. The summed E-state index contributed by atoms with van der Waals surface area (Å²) in [6.07, 6.45) is 2.26. The fraction of sp³-hybridized carbons (Fsp3) is 0.417. The number of hydrogen-bond donors (Lipinski definition) is 2. The van der Waals surface area contributed by atoms with Gasteiger partial charge in [0.1, 0.15) is 0 Å². The summed E-state index contributed by atoms with van der Waals surface area (Å²) in [5, 5.41) is 13.4. The summed E-state index contributed by atoms with van der Waals surface area (Å²) in [5.41, 5.74) is 6.03. The third kappa shape index (κ3) is 3.02. The molecule has 0 aromatic heterocycles. The zero-order valence-corrected chi connectivity index (χ0v) is 11.3. The highest BCUT2D eigenvalue weighted by Gasteiger charge is 2.40. The second-order valence-electron chi connectivity index (χ2n) is 4.72. The SMILES string of the molecule is Cc1ccc(NC(=O)C2(N)CCC2)cc1[N+](=O)[O-].Cl. The summed E-state index contributed by atoms with van der Waals surface area (Å²) in [6.45, 7) is 1.65. The van der Waals surface area contributed by atoms with Crippen molar-refractivity contribution in [2.75, 3.05) is 5.32 Å². The molecule has 104 valence electrons. The molecule has 0 aliphatic heterocycles. The average molecular weight is 286 g/mol. The van der Waals surface area contributed by atoms with Gasteiger partial charge in [0.15, 0.2) is 0 Å². The number of hydrogen-bond acceptors (Lipinski definition) is 4. The van der Waals surface area contributed by atoms with E-state index in [0.717, 1.165) is 6.42 Å². The van der Waals surface area contributed by atoms with Crippen molar-refractivity contribution in [3.63, 3.8) is 0 Å². The monoisotopic (exact) mass is 285 g/mol. The Morgan fingerprint density at radius 1 is 1.47 bits per heavy atom. The number of carbonyl (C=O) groups excluding carboxylic acids is 1. The van der Waals surface area contributed by atoms with Gasteiger partial charge in [-0.1, -0.05) is 6.07 Å². The van der Waals surface area contributed by atoms with Crippen molar-refractivity contribution < 1.29 is 9.72 Å². The summed E-state index contributed by atoms with van der Waals surface area (Å²) in [5.74, 6) is -0.271. The molecule has 1 fully saturated rings. The zero-order chi connectivity index (χ0) is 13.3. The van der Waals surface area contributed by atoms with Crippen molar-refractivity contribution in [3.05, 3.63) is 33.9 Å². The van der Waals surface area contributed by atoms with Crippen LogP contribution in [0.2, 0.25) is 0 Å². The first-order valence-corrected chi connectivity index (χ1v) is 5.78. The van der Waals surface area contributed by atoms with Gasteiger partial charge in [-0.05, 0) is 32.3 Å². The lowest BCUT2D eigenvalue weighted by Gasteiger charge is -2.36. The number of benzene rings is 1. The van der Waals surface area contributed by atoms with Crippen LogP contribution in [0, 0.1) is 17.0 Å². The van der Waals surface area contributed by atoms with Crippen LogP contribution in [0.15, 0.2) is 18.2 Å². The molecule has 0 unspecified atom stereocenters. The molecular formula is C12H16ClN3O3. The Kier molecular flexibility index (Phi) is 4.49. The molecule has 3 N–H and O–H groups in total. The van der Waals surface area contributed by atoms with E-state index in [2.05, 4.69) is 5.32 Å². The van der Waals surface area contributed by atoms with Gasteiger partial charge < -0.3 is 11.1 Å². The number of rotatable bonds is 3. The number of aryl methyl sites for hydroxylation is 1. The summed E-state index contributed by atoms with van der Waals surface area (Å²) in [7, 11) is 0. The van der Waals surface area contributed by atoms with E-state index < -0.39 is 10.5 Å². The molecule has 1 aromatic rings. The van der Waals surface area contributed by atoms with Crippen molar-refractivity contribution in [1.82, 2.24) is 0 Å². The summed E-state index contributed by atoms with van der Waals surface area (Å²) in [4.78, 5) is 22.2. The Bertz CT molecular complexity index is 515. The Labute approximate surface area is 116 Å². The lowest BCUT2D eigenvalue weighted by molar-refractivity contribution is -0.385. The zero-order valence-electron chi connectivity index (χ0n) is 10.5. The maximum absolute atomic E-state index is 11.9. The van der Waals surface area contributed by atoms with Gasteiger partial charge in [-0.25, -0.2) is 0 Å². The normalized spacial score (nSPS) is 15.9. The van der Waals surface area contributed by atoms with Crippen LogP contribution in [0.1, 0.15) is 24.8 Å². The van der Waals surface area contributed by atoms with Crippen LogP contribution in [0.4, 0.5) is 11.4 Å². The van der Waals surface area contributed by atoms with Gasteiger partial charge in [-0.3, -0.25) is 14.9 Å². The molecular weight excluding hydrogens is 270 g/mol. The molecule has 1 aliphatic carbocycles. The molecule has 1 aliphatic rings. The van der Waals surface area contributed by atoms with E-state index >= 15 is 0 Å². The second-order valence-corrected chi connectivity index (χ2v) is 4.72. The average Bonchev–Trinajstić information content (AvgIpc) is 2.28. The number of amides is 1. The first-order chi connectivity index (χ1) is 8.42. The van der Waals surface area contributed by atoms with Gasteiger partial charge in [0, 0.05) is 17.3 Å². The van der Waals surface area contributed by atoms with Crippen LogP contribution >= 0.6 is 12.4 Å². The number of nitro groups is 1. The maximum Gasteiger partial charge on any atom is 0.274 e. The highest BCUT2D eigenvalue weighted by molar-refractivity contribution is 5.98. The Morgan fingerprint density at radius 3 is 2.58 bits per heavy atom. The molecule has 1 aromatic carbocycles. The quantitative estimate of drug-likeness (QED) is 0.656. The van der Waals surface area contributed by atoms with Crippen molar-refractivity contribution in [2.24, 2.45) is 5.73 Å². The predicted octanol–water partition coefficient (Wildman–Crippen LogP) is 2.14. The van der Waals surface area contributed by atoms with Gasteiger partial charge >= 0.3 is 0 Å². The molecule has 2 rings (SSSR count). The minimum absolute atomic E-state index is 0. The van der Waals surface area contributed by atoms with Gasteiger partial charge in [-0.2, -0.15) is 0 Å². The molecule has 0 atom stereocenters. The van der Waals surface area contributed by atoms with Crippen molar-refractivity contribution in [1.29, 1.82) is 0 Å². The molecule has 7 heteroatoms. The molecule has 6 nitrogen and oxygen atoms in total. The van der Waals surface area contributed by atoms with Crippen molar-refractivity contribution in [3.8, 4) is 0 Å². The summed E-state index contributed by atoms with van der Waals surface area (Å²) < 4.78 is 0. The third-order valence-corrected chi connectivity index (χ3v) is 3.36. The third-order valence-electron chi connectivity index (χ3n) is 3.36. The largest absolute Gasteiger partial charge is 0.324 e. The summed E-state index contributed by atoms with van der Waals surface area (Å²) >= 11 is 0. The van der Waals surface area contributed by atoms with E-state index in [1.165, 1.54) is 6.07 Å². The van der Waals surface area contributed by atoms with Crippen LogP contribution in [0.25, 0.3) is 0 Å². The minimum atomic E-state index is -0.806. The minimum Gasteiger partial charge on any atom is -0.324 e. The number of carbonyl (C=O) groups is 1. The van der Waals surface area contributed by atoms with E-state index in [1.807, 2.05) is 0 Å². The van der Waals surface area contributed by atoms with E-state index in [0.29, 0.717) is 24.1 Å². The number of halogens is 1. The van der Waals surface area contributed by atoms with Gasteiger partial charge in [-0.15, -0.1) is 12.4 Å². The van der Waals surface area contributed by atoms with Crippen LogP contribution in [0.3, 0.4) is 0 Å². The smallest absolute Gasteiger partial charge is 0.274 e. The van der Waals surface area contributed by atoms with E-state index in [1.54, 1.807) is 19.1 Å². The molecule has 1 saturated carbocycles. The Hall–Kier alpha value is -1.66. The van der Waals surface area contributed by atoms with Crippen molar-refractivity contribution >= 4 is 29.7 Å². The first-order valence-electron chi connectivity index (χ1n) is 5.78. The standard InChI is InChI=1S/C12H15N3O3.ClH/c1-8-3-4-9(7-10(8)15(17)18)14-11(16)12(13)5-2-6-12;/h3-4,7H,2,5-6,13H2,1H3,(H,14,16);1H. The molecule has 0 heterocycles. The van der Waals surface area contributed by atoms with Crippen LogP contribution in [-0.2, 0) is 4.79 Å². The number of nitro benzene ring substituents is 1. The highest BCUT2D eigenvalue weighted by atomic mass is 35.5. The topological polar surface area (TPSA) is 98.3 Å². The number of nitrogens with two attached hydrogens (primary N) is 1. The lowest BCUT2D eigenvalue weighted by Crippen LogP contribution is -2.56. The van der Waals surface area contributed by atoms with Crippen LogP contribution < -0.4 is 11.1 Å². The molecule has 1 amide bonds. The number of nitrogens with zero attached hydrogens (tertiary/aromatic N) is 1. The molecule has 0 radical (unpaired) electrons. The lowest BCUT2D eigenvalue weighted by atomic mass is 9.77. The predicted molar refractivity (Wildman–Crippen MR) is 74.5 cm³/mol. The number of anilines is 1. The number of nitrogens with one attached hydrogen (secondary N) is 1. The van der Waals surface area contributed by atoms with Gasteiger partial charge in [0.2, 0.25) is 5.91 Å². The molecule has 0 spiro atoms. The van der Waals surface area contributed by atoms with E-state index in [-0.39, 0.29) is 24.0 Å². The van der Waals surface area contributed by atoms with E-state index in [4.69, 9.17) is 5.73 Å². The van der Waals surface area contributed by atoms with E-state index in [9.17, 15) is 14.9 Å². The molecule has 0 saturated heterocycles. The molecule has 19 heavy (non-hydrogen) atoms. The Balaban J connectivity index is 0.00000180. The second kappa shape index (κ2) is 5.54. The highest BCUT2D eigenvalue weighted by Crippen LogP contribution is 2.31. The summed E-state index contributed by atoms with van der Waals surface area (Å²) in [6, 6.07) is 4.61. The van der Waals surface area contributed by atoms with Gasteiger partial charge in [0.25, 0.3) is 5.69 Å². The van der Waals surface area contributed by atoms with Crippen LogP contribution in [-0.4, -0.2) is 16.4 Å². The Morgan fingerprint density at radius 2 is 2.11 bits per heavy atom. The van der Waals surface area contributed by atoms with Gasteiger partial charge in [0.05, 0.1) is 10.5 Å². The molecule has 0 bridgehead atoms. The fourth-order valence-electron chi connectivity index (χ4n) is 1.92.